The van der Waals surface area contributed by atoms with Crippen molar-refractivity contribution in [3.63, 3.8) is 0 Å². The molecule has 3 nitrogen and oxygen atoms in total. The highest BCUT2D eigenvalue weighted by molar-refractivity contribution is 7.12. The number of carbonyl (C=O) groups is 1. The monoisotopic (exact) mass is 197 g/mol. The molecular weight excluding hydrogens is 186 g/mol. The van der Waals surface area contributed by atoms with E-state index < -0.39 is 5.97 Å². The van der Waals surface area contributed by atoms with Crippen molar-refractivity contribution in [2.45, 2.75) is 0 Å². The molecule has 0 bridgehead atoms. The van der Waals surface area contributed by atoms with Crippen LogP contribution in [0.4, 0.5) is 0 Å². The topological polar surface area (TPSA) is 49.3 Å². The molecule has 0 saturated heterocycles. The van der Waals surface area contributed by atoms with Gasteiger partial charge in [0, 0.05) is 6.54 Å². The maximum atomic E-state index is 10.5. The Morgan fingerprint density at radius 2 is 2.54 bits per heavy atom. The largest absolute Gasteiger partial charge is 0.477 e. The van der Waals surface area contributed by atoms with Crippen molar-refractivity contribution in [2.24, 2.45) is 0 Å². The zero-order valence-corrected chi connectivity index (χ0v) is 8.10. The molecule has 0 aliphatic rings. The van der Waals surface area contributed by atoms with E-state index in [0.29, 0.717) is 4.88 Å². The Balaban J connectivity index is 2.64. The third-order valence-corrected chi connectivity index (χ3v) is 2.40. The van der Waals surface area contributed by atoms with Crippen molar-refractivity contribution in [3.05, 3.63) is 28.0 Å². The van der Waals surface area contributed by atoms with Crippen LogP contribution >= 0.6 is 11.3 Å². The highest BCUT2D eigenvalue weighted by Gasteiger charge is 2.04. The van der Waals surface area contributed by atoms with Gasteiger partial charge in [-0.25, -0.2) is 4.79 Å². The van der Waals surface area contributed by atoms with Crippen LogP contribution in [0.2, 0.25) is 0 Å². The van der Waals surface area contributed by atoms with E-state index in [1.165, 1.54) is 11.3 Å². The molecule has 1 aromatic rings. The summed E-state index contributed by atoms with van der Waals surface area (Å²) in [6.07, 6.45) is 3.85. The quantitative estimate of drug-likeness (QED) is 0.772. The van der Waals surface area contributed by atoms with Crippen LogP contribution in [0.25, 0.3) is 6.08 Å². The number of rotatable bonds is 4. The Morgan fingerprint density at radius 3 is 3.08 bits per heavy atom. The molecule has 70 valence electrons. The first-order chi connectivity index (χ1) is 6.24. The van der Waals surface area contributed by atoms with E-state index in [2.05, 4.69) is 5.32 Å². The first kappa shape index (κ1) is 9.95. The summed E-state index contributed by atoms with van der Waals surface area (Å²) in [6, 6.07) is 1.67. The molecule has 0 saturated carbocycles. The number of carboxylic acid groups (broad SMARTS) is 1. The minimum absolute atomic E-state index is 0.379. The van der Waals surface area contributed by atoms with Crippen molar-refractivity contribution < 1.29 is 9.90 Å². The predicted octanol–water partition coefficient (Wildman–Crippen LogP) is 1.68. The predicted molar refractivity (Wildman–Crippen MR) is 54.2 cm³/mol. The van der Waals surface area contributed by atoms with Gasteiger partial charge in [-0.2, -0.15) is 0 Å². The van der Waals surface area contributed by atoms with Crippen molar-refractivity contribution in [2.75, 3.05) is 13.6 Å². The summed E-state index contributed by atoms with van der Waals surface area (Å²) < 4.78 is 0. The number of aromatic carboxylic acids is 1. The molecule has 1 heterocycles. The van der Waals surface area contributed by atoms with Crippen LogP contribution in [0.5, 0.6) is 0 Å². The fourth-order valence-corrected chi connectivity index (χ4v) is 1.58. The van der Waals surface area contributed by atoms with Gasteiger partial charge in [-0.05, 0) is 24.1 Å². The molecule has 0 aliphatic heterocycles. The average Bonchev–Trinajstić information content (AvgIpc) is 2.53. The molecular formula is C9H11NO2S. The Hall–Kier alpha value is -1.13. The van der Waals surface area contributed by atoms with Gasteiger partial charge < -0.3 is 10.4 Å². The molecule has 0 fully saturated rings. The normalized spacial score (nSPS) is 10.8. The Labute approximate surface area is 80.7 Å². The Morgan fingerprint density at radius 1 is 1.77 bits per heavy atom. The van der Waals surface area contributed by atoms with E-state index >= 15 is 0 Å². The van der Waals surface area contributed by atoms with Crippen LogP contribution in [-0.4, -0.2) is 24.7 Å². The second-order valence-corrected chi connectivity index (χ2v) is 3.42. The highest BCUT2D eigenvalue weighted by Crippen LogP contribution is 2.15. The zero-order chi connectivity index (χ0) is 9.68. The summed E-state index contributed by atoms with van der Waals surface area (Å²) in [4.78, 5) is 10.9. The molecule has 2 N–H and O–H groups in total. The molecule has 0 amide bonds. The summed E-state index contributed by atoms with van der Waals surface area (Å²) in [7, 11) is 1.86. The van der Waals surface area contributed by atoms with Crippen LogP contribution in [0, 0.1) is 0 Å². The fourth-order valence-electron chi connectivity index (χ4n) is 0.863. The van der Waals surface area contributed by atoms with Gasteiger partial charge in [-0.3, -0.25) is 0 Å². The van der Waals surface area contributed by atoms with E-state index in [-0.39, 0.29) is 0 Å². The number of hydrogen-bond acceptors (Lipinski definition) is 3. The molecule has 0 aromatic carbocycles. The van der Waals surface area contributed by atoms with Crippen LogP contribution in [0.15, 0.2) is 17.5 Å². The van der Waals surface area contributed by atoms with Gasteiger partial charge in [0.25, 0.3) is 0 Å². The Kier molecular flexibility index (Phi) is 3.67. The van der Waals surface area contributed by atoms with Crippen LogP contribution < -0.4 is 5.32 Å². The van der Waals surface area contributed by atoms with Crippen molar-refractivity contribution >= 4 is 23.4 Å². The second kappa shape index (κ2) is 4.79. The number of likely N-dealkylation sites (N-methyl/N-ethyl adjacent to an activating group) is 1. The summed E-state index contributed by atoms with van der Waals surface area (Å²) in [6.45, 7) is 0.790. The smallest absolute Gasteiger partial charge is 0.345 e. The SMILES string of the molecule is CNCC=Cc1csc(C(=O)O)c1. The van der Waals surface area contributed by atoms with Gasteiger partial charge in [0.05, 0.1) is 0 Å². The molecule has 1 aromatic heterocycles. The minimum Gasteiger partial charge on any atom is -0.477 e. The lowest BCUT2D eigenvalue weighted by Crippen LogP contribution is -2.03. The lowest BCUT2D eigenvalue weighted by atomic mass is 10.3. The summed E-state index contributed by atoms with van der Waals surface area (Å²) >= 11 is 1.24. The average molecular weight is 197 g/mol. The van der Waals surface area contributed by atoms with Crippen molar-refractivity contribution in [1.82, 2.24) is 5.32 Å². The maximum Gasteiger partial charge on any atom is 0.345 e. The molecule has 0 aliphatic carbocycles. The summed E-state index contributed by atoms with van der Waals surface area (Å²) in [5, 5.41) is 13.4. The molecule has 0 spiro atoms. The van der Waals surface area contributed by atoms with Gasteiger partial charge in [0.15, 0.2) is 0 Å². The first-order valence-corrected chi connectivity index (χ1v) is 4.75. The molecule has 0 radical (unpaired) electrons. The van der Waals surface area contributed by atoms with Gasteiger partial charge >= 0.3 is 5.97 Å². The Bertz CT molecular complexity index is 317. The molecule has 1 rings (SSSR count). The lowest BCUT2D eigenvalue weighted by molar-refractivity contribution is 0.0702. The third-order valence-electron chi connectivity index (χ3n) is 1.46. The summed E-state index contributed by atoms with van der Waals surface area (Å²) in [5.74, 6) is -0.863. The summed E-state index contributed by atoms with van der Waals surface area (Å²) in [5.41, 5.74) is 0.942. The second-order valence-electron chi connectivity index (χ2n) is 2.51. The maximum absolute atomic E-state index is 10.5. The van der Waals surface area contributed by atoms with E-state index in [0.717, 1.165) is 12.1 Å². The molecule has 13 heavy (non-hydrogen) atoms. The zero-order valence-electron chi connectivity index (χ0n) is 7.28. The number of carboxylic acids is 1. The number of nitrogens with one attached hydrogen (secondary N) is 1. The van der Waals surface area contributed by atoms with Crippen molar-refractivity contribution in [3.8, 4) is 0 Å². The lowest BCUT2D eigenvalue weighted by Gasteiger charge is -1.86. The van der Waals surface area contributed by atoms with E-state index in [4.69, 9.17) is 5.11 Å². The van der Waals surface area contributed by atoms with E-state index in [1.807, 2.05) is 24.6 Å². The minimum atomic E-state index is -0.863. The van der Waals surface area contributed by atoms with E-state index in [1.54, 1.807) is 6.07 Å². The highest BCUT2D eigenvalue weighted by atomic mass is 32.1. The molecule has 4 heteroatoms. The fraction of sp³-hybridized carbons (Fsp3) is 0.222. The van der Waals surface area contributed by atoms with Crippen LogP contribution in [0.1, 0.15) is 15.2 Å². The molecule has 0 atom stereocenters. The first-order valence-electron chi connectivity index (χ1n) is 3.87. The van der Waals surface area contributed by atoms with Crippen molar-refractivity contribution in [1.29, 1.82) is 0 Å². The third kappa shape index (κ3) is 3.01. The van der Waals surface area contributed by atoms with Gasteiger partial charge in [-0.1, -0.05) is 12.2 Å². The number of hydrogen-bond donors (Lipinski definition) is 2. The van der Waals surface area contributed by atoms with Gasteiger partial charge in [-0.15, -0.1) is 11.3 Å². The van der Waals surface area contributed by atoms with Crippen LogP contribution in [0.3, 0.4) is 0 Å². The standard InChI is InChI=1S/C9H11NO2S/c1-10-4-2-3-7-5-8(9(11)12)13-6-7/h2-3,5-6,10H,4H2,1H3,(H,11,12). The van der Waals surface area contributed by atoms with Gasteiger partial charge in [0.1, 0.15) is 4.88 Å². The number of thiophene rings is 1. The van der Waals surface area contributed by atoms with Gasteiger partial charge in [0.2, 0.25) is 0 Å². The van der Waals surface area contributed by atoms with E-state index in [9.17, 15) is 4.79 Å². The van der Waals surface area contributed by atoms with Crippen LogP contribution in [-0.2, 0) is 0 Å². The molecule has 0 unspecified atom stereocenters.